The van der Waals surface area contributed by atoms with Crippen molar-refractivity contribution < 1.29 is 19.8 Å². The summed E-state index contributed by atoms with van der Waals surface area (Å²) in [5.74, 6) is -1.68. The molecule has 0 fully saturated rings. The van der Waals surface area contributed by atoms with Crippen molar-refractivity contribution in [2.24, 2.45) is 11.5 Å². The van der Waals surface area contributed by atoms with E-state index in [-0.39, 0.29) is 23.9 Å². The molecule has 0 rings (SSSR count). The Morgan fingerprint density at radius 3 is 1.47 bits per heavy atom. The van der Waals surface area contributed by atoms with E-state index in [0.29, 0.717) is 0 Å². The summed E-state index contributed by atoms with van der Waals surface area (Å²) in [5.41, 5.74) is 10.4. The van der Waals surface area contributed by atoms with E-state index in [1.165, 1.54) is 21.6 Å². The number of carbonyl (C=O) groups is 2. The maximum Gasteiger partial charge on any atom is 0.321 e. The monoisotopic (exact) mass is 276 g/mol. The smallest absolute Gasteiger partial charge is 0.321 e. The second-order valence-corrected chi connectivity index (χ2v) is 5.01. The lowest BCUT2D eigenvalue weighted by molar-refractivity contribution is -0.138. The fraction of sp³-hybridized carbons (Fsp3) is 0.667. The molecule has 0 aromatic heterocycles. The fourth-order valence-electron chi connectivity index (χ4n) is 0.385. The van der Waals surface area contributed by atoms with E-state index < -0.39 is 24.0 Å². The summed E-state index contributed by atoms with van der Waals surface area (Å²) < 4.78 is 0. The van der Waals surface area contributed by atoms with Crippen LogP contribution < -0.4 is 11.5 Å². The molecule has 0 saturated heterocycles. The third-order valence-corrected chi connectivity index (χ3v) is 3.69. The zero-order valence-corrected chi connectivity index (χ0v) is 10.1. The van der Waals surface area contributed by atoms with Crippen LogP contribution in [0.15, 0.2) is 0 Å². The second kappa shape index (κ2) is 9.10. The lowest BCUT2D eigenvalue weighted by atomic mass is 10.4. The van der Waals surface area contributed by atoms with Gasteiger partial charge in [0.15, 0.2) is 0 Å². The minimum absolute atomic E-state index is 0. The highest BCUT2D eigenvalue weighted by atomic mass is 35.5. The standard InChI is InChI=1S/C6H12N2O4S2.ClH/c7-3(5(9)10)1-13-14-2-4(8)6(11)12;/h3-4H,1-2,7-8H2,(H,9,10)(H,11,12);1H/t3-,4+;. The van der Waals surface area contributed by atoms with Crippen LogP contribution in [-0.2, 0) is 9.59 Å². The average molecular weight is 277 g/mol. The Hall–Kier alpha value is -0.150. The van der Waals surface area contributed by atoms with Crippen molar-refractivity contribution in [1.82, 2.24) is 0 Å². The summed E-state index contributed by atoms with van der Waals surface area (Å²) >= 11 is 0. The zero-order chi connectivity index (χ0) is 11.1. The van der Waals surface area contributed by atoms with Crippen LogP contribution in [0.3, 0.4) is 0 Å². The van der Waals surface area contributed by atoms with Crippen LogP contribution in [0.1, 0.15) is 0 Å². The molecule has 0 bridgehead atoms. The van der Waals surface area contributed by atoms with Crippen molar-refractivity contribution in [1.29, 1.82) is 0 Å². The minimum atomic E-state index is -1.07. The number of rotatable bonds is 7. The Morgan fingerprint density at radius 1 is 1.00 bits per heavy atom. The van der Waals surface area contributed by atoms with E-state index in [4.69, 9.17) is 21.7 Å². The molecular weight excluding hydrogens is 264 g/mol. The number of carboxylic acids is 2. The predicted octanol–water partition coefficient (Wildman–Crippen LogP) is -0.387. The molecule has 0 radical (unpaired) electrons. The summed E-state index contributed by atoms with van der Waals surface area (Å²) in [6.45, 7) is 0. The molecule has 0 heterocycles. The number of hydrogen-bond donors (Lipinski definition) is 4. The van der Waals surface area contributed by atoms with Gasteiger partial charge >= 0.3 is 11.9 Å². The molecule has 0 spiro atoms. The van der Waals surface area contributed by atoms with Gasteiger partial charge < -0.3 is 21.7 Å². The highest BCUT2D eigenvalue weighted by Gasteiger charge is 2.14. The highest BCUT2D eigenvalue weighted by Crippen LogP contribution is 2.22. The molecule has 0 aromatic carbocycles. The van der Waals surface area contributed by atoms with Crippen LogP contribution >= 0.6 is 34.0 Å². The zero-order valence-electron chi connectivity index (χ0n) is 7.66. The highest BCUT2D eigenvalue weighted by molar-refractivity contribution is 8.76. The van der Waals surface area contributed by atoms with Gasteiger partial charge in [0.1, 0.15) is 12.1 Å². The predicted molar refractivity (Wildman–Crippen MR) is 63.4 cm³/mol. The molecule has 0 saturated carbocycles. The lowest BCUT2D eigenvalue weighted by Crippen LogP contribution is -2.33. The van der Waals surface area contributed by atoms with E-state index in [2.05, 4.69) is 0 Å². The number of hydrogen-bond acceptors (Lipinski definition) is 6. The van der Waals surface area contributed by atoms with Crippen LogP contribution in [0.5, 0.6) is 0 Å². The minimum Gasteiger partial charge on any atom is -0.480 e. The Morgan fingerprint density at radius 2 is 1.27 bits per heavy atom. The second-order valence-electron chi connectivity index (χ2n) is 2.46. The van der Waals surface area contributed by atoms with E-state index >= 15 is 0 Å². The van der Waals surface area contributed by atoms with E-state index in [0.717, 1.165) is 0 Å². The van der Waals surface area contributed by atoms with E-state index in [1.54, 1.807) is 0 Å². The van der Waals surface area contributed by atoms with Crippen LogP contribution in [0.2, 0.25) is 0 Å². The Bertz CT molecular complexity index is 197. The van der Waals surface area contributed by atoms with Crippen molar-refractivity contribution in [2.75, 3.05) is 11.5 Å². The summed E-state index contributed by atoms with van der Waals surface area (Å²) in [7, 11) is 2.41. The van der Waals surface area contributed by atoms with Gasteiger partial charge in [0.25, 0.3) is 0 Å². The molecule has 0 aliphatic heterocycles. The average Bonchev–Trinajstić information content (AvgIpc) is 2.11. The van der Waals surface area contributed by atoms with Gasteiger partial charge in [-0.15, -0.1) is 12.4 Å². The molecule has 0 aromatic rings. The van der Waals surface area contributed by atoms with Gasteiger partial charge in [-0.1, -0.05) is 21.6 Å². The quantitative estimate of drug-likeness (QED) is 0.366. The van der Waals surface area contributed by atoms with Crippen LogP contribution in [0, 0.1) is 0 Å². The molecule has 0 aliphatic rings. The summed E-state index contributed by atoms with van der Waals surface area (Å²) in [6.07, 6.45) is 0. The third kappa shape index (κ3) is 8.82. The fourth-order valence-corrected chi connectivity index (χ4v) is 2.61. The molecule has 0 amide bonds. The third-order valence-electron chi connectivity index (χ3n) is 1.21. The maximum atomic E-state index is 10.3. The van der Waals surface area contributed by atoms with Crippen molar-refractivity contribution in [3.05, 3.63) is 0 Å². The van der Waals surface area contributed by atoms with Gasteiger partial charge in [-0.2, -0.15) is 0 Å². The first-order chi connectivity index (χ1) is 6.45. The number of halogens is 1. The molecule has 0 unspecified atom stereocenters. The normalized spacial score (nSPS) is 13.7. The first-order valence-corrected chi connectivity index (χ1v) is 6.15. The topological polar surface area (TPSA) is 127 Å². The first kappa shape index (κ1) is 17.3. The number of aliphatic carboxylic acids is 2. The first-order valence-electron chi connectivity index (χ1n) is 3.66. The Balaban J connectivity index is 0. The molecule has 15 heavy (non-hydrogen) atoms. The Labute approximate surface area is 101 Å². The molecule has 0 aliphatic carbocycles. The largest absolute Gasteiger partial charge is 0.480 e. The molecule has 6 N–H and O–H groups in total. The van der Waals surface area contributed by atoms with Crippen molar-refractivity contribution in [2.45, 2.75) is 12.1 Å². The SMILES string of the molecule is Cl.N[C@H](CSSC[C@H](N)C(=O)O)C(=O)O. The van der Waals surface area contributed by atoms with Crippen molar-refractivity contribution in [3.63, 3.8) is 0 Å². The summed E-state index contributed by atoms with van der Waals surface area (Å²) in [5, 5.41) is 16.8. The molecule has 2 atom stereocenters. The maximum absolute atomic E-state index is 10.3. The summed E-state index contributed by atoms with van der Waals surface area (Å²) in [4.78, 5) is 20.5. The van der Waals surface area contributed by atoms with Crippen LogP contribution in [-0.4, -0.2) is 45.7 Å². The van der Waals surface area contributed by atoms with E-state index in [1.807, 2.05) is 0 Å². The Kier molecular flexibility index (Phi) is 10.5. The molecule has 6 nitrogen and oxygen atoms in total. The van der Waals surface area contributed by atoms with Crippen LogP contribution in [0.25, 0.3) is 0 Å². The molecule has 90 valence electrons. The van der Waals surface area contributed by atoms with Gasteiger partial charge in [-0.3, -0.25) is 9.59 Å². The van der Waals surface area contributed by atoms with Gasteiger partial charge in [-0.25, -0.2) is 0 Å². The van der Waals surface area contributed by atoms with Gasteiger partial charge in [0.2, 0.25) is 0 Å². The molecule has 9 heteroatoms. The van der Waals surface area contributed by atoms with Gasteiger partial charge in [0.05, 0.1) is 0 Å². The van der Waals surface area contributed by atoms with Gasteiger partial charge in [0, 0.05) is 11.5 Å². The number of carboxylic acid groups (broad SMARTS) is 2. The van der Waals surface area contributed by atoms with E-state index in [9.17, 15) is 9.59 Å². The van der Waals surface area contributed by atoms with Crippen molar-refractivity contribution in [3.8, 4) is 0 Å². The van der Waals surface area contributed by atoms with Crippen molar-refractivity contribution >= 4 is 45.9 Å². The lowest BCUT2D eigenvalue weighted by Gasteiger charge is -2.07. The number of nitrogens with two attached hydrogens (primary N) is 2. The van der Waals surface area contributed by atoms with Crippen LogP contribution in [0.4, 0.5) is 0 Å². The molecular formula is C6H13ClN2O4S2. The summed E-state index contributed by atoms with van der Waals surface area (Å²) in [6, 6.07) is -1.85. The van der Waals surface area contributed by atoms with Gasteiger partial charge in [-0.05, 0) is 0 Å².